The highest BCUT2D eigenvalue weighted by molar-refractivity contribution is 9.10. The number of halogens is 1. The molecule has 2 heterocycles. The molecule has 0 unspecified atom stereocenters. The first-order valence-corrected chi connectivity index (χ1v) is 5.23. The molecule has 3 nitrogen and oxygen atoms in total. The molecule has 2 rings (SSSR count). The van der Waals surface area contributed by atoms with Gasteiger partial charge in [-0.05, 0) is 40.2 Å². The molecule has 0 amide bonds. The number of carbonyl (C=O) groups is 1. The van der Waals surface area contributed by atoms with E-state index in [1.165, 1.54) is 0 Å². The fourth-order valence-electron chi connectivity index (χ4n) is 1.22. The highest BCUT2D eigenvalue weighted by Crippen LogP contribution is 2.15. The molecule has 76 valence electrons. The Hall–Kier alpha value is -1.42. The minimum atomic E-state index is -0.0700. The highest BCUT2D eigenvalue weighted by Gasteiger charge is 2.11. The van der Waals surface area contributed by atoms with Crippen molar-refractivity contribution in [1.29, 1.82) is 0 Å². The topological polar surface area (TPSA) is 43.1 Å². The van der Waals surface area contributed by atoms with Crippen LogP contribution in [0.5, 0.6) is 0 Å². The van der Waals surface area contributed by atoms with Gasteiger partial charge in [0.05, 0.1) is 6.42 Å². The average Bonchev–Trinajstić information content (AvgIpc) is 2.66. The second-order valence-corrected chi connectivity index (χ2v) is 3.81. The van der Waals surface area contributed by atoms with E-state index >= 15 is 0 Å². The minimum Gasteiger partial charge on any atom is -0.446 e. The van der Waals surface area contributed by atoms with Crippen LogP contribution in [-0.2, 0) is 6.42 Å². The Labute approximate surface area is 95.3 Å². The number of hydrogen-bond acceptors (Lipinski definition) is 3. The van der Waals surface area contributed by atoms with Crippen LogP contribution in [0.15, 0.2) is 45.6 Å². The van der Waals surface area contributed by atoms with E-state index in [0.29, 0.717) is 10.4 Å². The number of Topliss-reactive ketones (excluding diaryl/α,β-unsaturated/α-hetero) is 1. The SMILES string of the molecule is O=C(Cc1ccccn1)c1ccc(Br)o1. The van der Waals surface area contributed by atoms with Crippen LogP contribution in [0.3, 0.4) is 0 Å². The molecule has 0 bridgehead atoms. The molecule has 0 atom stereocenters. The molecule has 0 aliphatic carbocycles. The summed E-state index contributed by atoms with van der Waals surface area (Å²) in [5.74, 6) is 0.284. The first-order chi connectivity index (χ1) is 7.25. The molecule has 0 spiro atoms. The van der Waals surface area contributed by atoms with Gasteiger partial charge in [-0.25, -0.2) is 0 Å². The highest BCUT2D eigenvalue weighted by atomic mass is 79.9. The number of nitrogens with zero attached hydrogens (tertiary/aromatic N) is 1. The summed E-state index contributed by atoms with van der Waals surface area (Å²) in [4.78, 5) is 15.7. The van der Waals surface area contributed by atoms with Gasteiger partial charge in [0.2, 0.25) is 5.78 Å². The molecule has 2 aromatic rings. The summed E-state index contributed by atoms with van der Waals surface area (Å²) in [7, 11) is 0. The van der Waals surface area contributed by atoms with Crippen LogP contribution in [0, 0.1) is 0 Å². The lowest BCUT2D eigenvalue weighted by Gasteiger charge is -1.96. The van der Waals surface area contributed by atoms with Gasteiger partial charge in [-0.2, -0.15) is 0 Å². The Morgan fingerprint density at radius 2 is 2.20 bits per heavy atom. The predicted octanol–water partition coefficient (Wildman–Crippen LogP) is 2.86. The smallest absolute Gasteiger partial charge is 0.203 e. The van der Waals surface area contributed by atoms with Gasteiger partial charge in [-0.15, -0.1) is 0 Å². The first-order valence-electron chi connectivity index (χ1n) is 4.44. The number of pyridine rings is 1. The van der Waals surface area contributed by atoms with Crippen LogP contribution >= 0.6 is 15.9 Å². The van der Waals surface area contributed by atoms with Gasteiger partial charge in [-0.1, -0.05) is 6.07 Å². The third kappa shape index (κ3) is 2.53. The lowest BCUT2D eigenvalue weighted by atomic mass is 10.2. The van der Waals surface area contributed by atoms with Gasteiger partial charge in [0.15, 0.2) is 10.4 Å². The molecule has 2 aromatic heterocycles. The van der Waals surface area contributed by atoms with Crippen molar-refractivity contribution in [2.75, 3.05) is 0 Å². The van der Waals surface area contributed by atoms with Crippen molar-refractivity contribution in [3.8, 4) is 0 Å². The van der Waals surface area contributed by atoms with Crippen LogP contribution in [-0.4, -0.2) is 10.8 Å². The number of hydrogen-bond donors (Lipinski definition) is 0. The maximum Gasteiger partial charge on any atom is 0.203 e. The van der Waals surface area contributed by atoms with Gasteiger partial charge < -0.3 is 4.42 Å². The molecular weight excluding hydrogens is 258 g/mol. The third-order valence-corrected chi connectivity index (χ3v) is 2.34. The van der Waals surface area contributed by atoms with E-state index in [1.54, 1.807) is 18.3 Å². The van der Waals surface area contributed by atoms with E-state index in [1.807, 2.05) is 18.2 Å². The van der Waals surface area contributed by atoms with Crippen molar-refractivity contribution < 1.29 is 9.21 Å². The fourth-order valence-corrected chi connectivity index (χ4v) is 1.53. The molecule has 0 aromatic carbocycles. The van der Waals surface area contributed by atoms with Crippen LogP contribution in [0.1, 0.15) is 16.2 Å². The molecule has 0 saturated heterocycles. The molecule has 0 saturated carbocycles. The zero-order valence-electron chi connectivity index (χ0n) is 7.81. The molecule has 0 fully saturated rings. The Morgan fingerprint density at radius 3 is 2.80 bits per heavy atom. The predicted molar refractivity (Wildman–Crippen MR) is 58.7 cm³/mol. The second-order valence-electron chi connectivity index (χ2n) is 3.02. The van der Waals surface area contributed by atoms with Crippen LogP contribution < -0.4 is 0 Å². The molecule has 0 aliphatic rings. The van der Waals surface area contributed by atoms with E-state index in [4.69, 9.17) is 4.42 Å². The quantitative estimate of drug-likeness (QED) is 0.802. The molecule has 0 aliphatic heterocycles. The van der Waals surface area contributed by atoms with Gasteiger partial charge in [-0.3, -0.25) is 9.78 Å². The van der Waals surface area contributed by atoms with Crippen molar-refractivity contribution >= 4 is 21.7 Å². The molecule has 0 N–H and O–H groups in total. The summed E-state index contributed by atoms with van der Waals surface area (Å²) in [6, 6.07) is 8.84. The Morgan fingerprint density at radius 1 is 1.33 bits per heavy atom. The van der Waals surface area contributed by atoms with Gasteiger partial charge >= 0.3 is 0 Å². The van der Waals surface area contributed by atoms with E-state index in [0.717, 1.165) is 5.69 Å². The minimum absolute atomic E-state index is 0.0700. The summed E-state index contributed by atoms with van der Waals surface area (Å²) in [6.45, 7) is 0. The molecule has 15 heavy (non-hydrogen) atoms. The summed E-state index contributed by atoms with van der Waals surface area (Å²) in [5.41, 5.74) is 0.745. The fraction of sp³-hybridized carbons (Fsp3) is 0.0909. The van der Waals surface area contributed by atoms with Gasteiger partial charge in [0.25, 0.3) is 0 Å². The number of carbonyl (C=O) groups excluding carboxylic acids is 1. The molecule has 4 heteroatoms. The van der Waals surface area contributed by atoms with Crippen LogP contribution in [0.25, 0.3) is 0 Å². The van der Waals surface area contributed by atoms with Crippen molar-refractivity contribution in [2.24, 2.45) is 0 Å². The van der Waals surface area contributed by atoms with Crippen molar-refractivity contribution in [2.45, 2.75) is 6.42 Å². The molecule has 0 radical (unpaired) electrons. The van der Waals surface area contributed by atoms with E-state index < -0.39 is 0 Å². The van der Waals surface area contributed by atoms with Crippen molar-refractivity contribution in [3.63, 3.8) is 0 Å². The van der Waals surface area contributed by atoms with Crippen LogP contribution in [0.2, 0.25) is 0 Å². The summed E-state index contributed by atoms with van der Waals surface area (Å²) < 4.78 is 5.72. The number of furan rings is 1. The third-order valence-electron chi connectivity index (χ3n) is 1.92. The first kappa shape index (κ1) is 10.1. The summed E-state index contributed by atoms with van der Waals surface area (Å²) in [6.07, 6.45) is 1.93. The van der Waals surface area contributed by atoms with Gasteiger partial charge in [0.1, 0.15) is 0 Å². The van der Waals surface area contributed by atoms with E-state index in [-0.39, 0.29) is 12.2 Å². The van der Waals surface area contributed by atoms with Crippen molar-refractivity contribution in [1.82, 2.24) is 4.98 Å². The largest absolute Gasteiger partial charge is 0.446 e. The normalized spacial score (nSPS) is 10.2. The summed E-state index contributed by atoms with van der Waals surface area (Å²) in [5, 5.41) is 0. The van der Waals surface area contributed by atoms with E-state index in [9.17, 15) is 4.79 Å². The number of ketones is 1. The lowest BCUT2D eigenvalue weighted by Crippen LogP contribution is -2.03. The summed E-state index contributed by atoms with van der Waals surface area (Å²) >= 11 is 3.15. The zero-order valence-corrected chi connectivity index (χ0v) is 9.40. The standard InChI is InChI=1S/C11H8BrNO2/c12-11-5-4-10(15-11)9(14)7-8-3-1-2-6-13-8/h1-6H,7H2. The van der Waals surface area contributed by atoms with Crippen molar-refractivity contribution in [3.05, 3.63) is 52.7 Å². The number of aromatic nitrogens is 1. The van der Waals surface area contributed by atoms with E-state index in [2.05, 4.69) is 20.9 Å². The Kier molecular flexibility index (Phi) is 2.97. The maximum atomic E-state index is 11.7. The Bertz CT molecular complexity index is 464. The average molecular weight is 266 g/mol. The second kappa shape index (κ2) is 4.40. The molecular formula is C11H8BrNO2. The maximum absolute atomic E-state index is 11.7. The lowest BCUT2D eigenvalue weighted by molar-refractivity contribution is 0.0964. The number of rotatable bonds is 3. The van der Waals surface area contributed by atoms with Gasteiger partial charge in [0, 0.05) is 11.9 Å². The van der Waals surface area contributed by atoms with Crippen LogP contribution in [0.4, 0.5) is 0 Å². The Balaban J connectivity index is 2.11. The monoisotopic (exact) mass is 265 g/mol. The zero-order chi connectivity index (χ0) is 10.7.